The number of aromatic nitrogens is 1. The Hall–Kier alpha value is -2.87. The zero-order chi connectivity index (χ0) is 29.6. The molecule has 13 heteroatoms. The minimum absolute atomic E-state index is 0.0356. The van der Waals surface area contributed by atoms with E-state index in [1.165, 1.54) is 11.3 Å². The smallest absolute Gasteiger partial charge is 0.386 e. The minimum Gasteiger partial charge on any atom is -0.386 e. The van der Waals surface area contributed by atoms with Gasteiger partial charge < -0.3 is 19.1 Å². The summed E-state index contributed by atoms with van der Waals surface area (Å²) in [6.45, 7) is 8.25. The van der Waals surface area contributed by atoms with E-state index in [2.05, 4.69) is 34.5 Å². The quantitative estimate of drug-likeness (QED) is 0.220. The molecular formula is C28H34F3N3O6S. The van der Waals surface area contributed by atoms with E-state index in [0.29, 0.717) is 37.7 Å². The Morgan fingerprint density at radius 2 is 1.85 bits per heavy atom. The van der Waals surface area contributed by atoms with Crippen LogP contribution in [0.3, 0.4) is 0 Å². The molecule has 0 aliphatic carbocycles. The molecule has 0 bridgehead atoms. The molecule has 224 valence electrons. The number of benzene rings is 1. The number of halogens is 3. The predicted molar refractivity (Wildman–Crippen MR) is 144 cm³/mol. The molecule has 3 heterocycles. The lowest BCUT2D eigenvalue weighted by Gasteiger charge is -2.54. The molecule has 0 atom stereocenters. The molecule has 0 N–H and O–H groups in total. The first-order valence-electron chi connectivity index (χ1n) is 13.5. The molecule has 9 nitrogen and oxygen atoms in total. The first-order chi connectivity index (χ1) is 19.4. The van der Waals surface area contributed by atoms with E-state index in [0.717, 1.165) is 42.2 Å². The Balaban J connectivity index is 1.15. The van der Waals surface area contributed by atoms with Gasteiger partial charge in [-0.05, 0) is 24.0 Å². The summed E-state index contributed by atoms with van der Waals surface area (Å²) in [7, 11) is 0. The summed E-state index contributed by atoms with van der Waals surface area (Å²) < 4.78 is 51.5. The van der Waals surface area contributed by atoms with E-state index >= 15 is 0 Å². The lowest BCUT2D eigenvalue weighted by Crippen LogP contribution is -2.70. The molecule has 0 radical (unpaired) electrons. The molecule has 2 saturated heterocycles. The summed E-state index contributed by atoms with van der Waals surface area (Å²) >= 11 is 1.52. The van der Waals surface area contributed by atoms with E-state index in [9.17, 15) is 27.6 Å². The highest BCUT2D eigenvalue weighted by atomic mass is 32.1. The highest BCUT2D eigenvalue weighted by Crippen LogP contribution is 2.30. The molecule has 1 aromatic carbocycles. The summed E-state index contributed by atoms with van der Waals surface area (Å²) in [6.07, 6.45) is -4.25. The number of morpholine rings is 1. The fourth-order valence-corrected chi connectivity index (χ4v) is 5.65. The first-order valence-corrected chi connectivity index (χ1v) is 14.4. The van der Waals surface area contributed by atoms with Crippen LogP contribution in [0.2, 0.25) is 0 Å². The van der Waals surface area contributed by atoms with Gasteiger partial charge in [-0.3, -0.25) is 14.5 Å². The molecule has 1 amide bonds. The highest BCUT2D eigenvalue weighted by molar-refractivity contribution is 7.09. The van der Waals surface area contributed by atoms with Crippen molar-refractivity contribution >= 4 is 29.2 Å². The number of carbonyl (C=O) groups is 3. The number of esters is 2. The van der Waals surface area contributed by atoms with Gasteiger partial charge in [-0.15, -0.1) is 11.3 Å². The third-order valence-electron chi connectivity index (χ3n) is 6.93. The van der Waals surface area contributed by atoms with Crippen molar-refractivity contribution in [3.63, 3.8) is 0 Å². The number of nitrogens with zero attached hydrogens (tertiary/aromatic N) is 3. The SMILES string of the molecule is CC(C)c1nc(C(=O)N2CCOC3(CN(CCc4cccc(CCOCCC(=O)OC(=O)C(F)(F)F)c4)C3)C2)cs1. The summed E-state index contributed by atoms with van der Waals surface area (Å²) in [5.74, 6) is -3.55. The van der Waals surface area contributed by atoms with Crippen molar-refractivity contribution in [2.75, 3.05) is 52.5 Å². The Morgan fingerprint density at radius 1 is 1.12 bits per heavy atom. The van der Waals surface area contributed by atoms with E-state index in [1.54, 1.807) is 0 Å². The fourth-order valence-electron chi connectivity index (χ4n) is 4.84. The number of hydrogen-bond donors (Lipinski definition) is 0. The number of ether oxygens (including phenoxy) is 3. The summed E-state index contributed by atoms with van der Waals surface area (Å²) in [5, 5.41) is 2.81. The zero-order valence-electron chi connectivity index (χ0n) is 23.1. The topological polar surface area (TPSA) is 98.3 Å². The third-order valence-corrected chi connectivity index (χ3v) is 8.07. The number of rotatable bonds is 11. The molecule has 41 heavy (non-hydrogen) atoms. The van der Waals surface area contributed by atoms with Crippen LogP contribution in [0, 0.1) is 0 Å². The van der Waals surface area contributed by atoms with E-state index in [4.69, 9.17) is 9.47 Å². The van der Waals surface area contributed by atoms with Gasteiger partial charge in [0.25, 0.3) is 5.91 Å². The minimum atomic E-state index is -5.20. The standard InChI is InChI=1S/C28H34F3N3O6S/c1-19(2)24-32-22(15-41-24)25(36)34-10-13-39-27(18-34)16-33(17-27)9-6-20-4-3-5-21(14-20)7-11-38-12-8-23(35)40-26(37)28(29,30)31/h3-5,14-15,19H,6-13,16-18H2,1-2H3. The third kappa shape index (κ3) is 8.57. The molecule has 2 fully saturated rings. The van der Waals surface area contributed by atoms with Gasteiger partial charge in [-0.25, -0.2) is 9.78 Å². The van der Waals surface area contributed by atoms with Crippen LogP contribution in [0.1, 0.15) is 52.8 Å². The maximum Gasteiger partial charge on any atom is 0.491 e. The summed E-state index contributed by atoms with van der Waals surface area (Å²) in [4.78, 5) is 43.7. The molecule has 4 rings (SSSR count). The molecule has 1 aromatic heterocycles. The number of thiazole rings is 1. The van der Waals surface area contributed by atoms with Gasteiger partial charge in [0.15, 0.2) is 0 Å². The molecule has 2 aliphatic rings. The van der Waals surface area contributed by atoms with Crippen molar-refractivity contribution in [3.8, 4) is 0 Å². The van der Waals surface area contributed by atoms with Crippen molar-refractivity contribution in [1.82, 2.24) is 14.8 Å². The van der Waals surface area contributed by atoms with Gasteiger partial charge >= 0.3 is 18.1 Å². The van der Waals surface area contributed by atoms with Crippen LogP contribution in [0.15, 0.2) is 29.6 Å². The van der Waals surface area contributed by atoms with Crippen molar-refractivity contribution in [3.05, 3.63) is 51.5 Å². The molecule has 2 aromatic rings. The van der Waals surface area contributed by atoms with E-state index in [-0.39, 0.29) is 24.7 Å². The lowest BCUT2D eigenvalue weighted by molar-refractivity contribution is -0.202. The summed E-state index contributed by atoms with van der Waals surface area (Å²) in [5.41, 5.74) is 2.36. The Labute approximate surface area is 240 Å². The average molecular weight is 598 g/mol. The normalized spacial score (nSPS) is 17.1. The Bertz CT molecular complexity index is 1230. The second kappa shape index (κ2) is 13.4. The van der Waals surface area contributed by atoms with Crippen molar-refractivity contribution in [2.45, 2.75) is 50.8 Å². The Kier molecular flexibility index (Phi) is 10.2. The second-order valence-corrected chi connectivity index (χ2v) is 11.5. The lowest BCUT2D eigenvalue weighted by atomic mass is 9.91. The predicted octanol–water partition coefficient (Wildman–Crippen LogP) is 3.62. The second-order valence-electron chi connectivity index (χ2n) is 10.6. The molecular weight excluding hydrogens is 563 g/mol. The van der Waals surface area contributed by atoms with Crippen LogP contribution in [-0.2, 0) is 36.6 Å². The first kappa shape index (κ1) is 31.1. The van der Waals surface area contributed by atoms with Crippen LogP contribution in [0.4, 0.5) is 13.2 Å². The van der Waals surface area contributed by atoms with Crippen LogP contribution in [-0.4, -0.2) is 97.0 Å². The van der Waals surface area contributed by atoms with Gasteiger partial charge in [-0.2, -0.15) is 13.2 Å². The summed E-state index contributed by atoms with van der Waals surface area (Å²) in [6, 6.07) is 8.03. The Morgan fingerprint density at radius 3 is 2.54 bits per heavy atom. The van der Waals surface area contributed by atoms with Crippen molar-refractivity contribution in [2.24, 2.45) is 0 Å². The van der Waals surface area contributed by atoms with Crippen LogP contribution >= 0.6 is 11.3 Å². The maximum absolute atomic E-state index is 13.0. The van der Waals surface area contributed by atoms with Gasteiger partial charge in [0.2, 0.25) is 0 Å². The number of amides is 1. The van der Waals surface area contributed by atoms with Crippen molar-refractivity contribution in [1.29, 1.82) is 0 Å². The average Bonchev–Trinajstić information content (AvgIpc) is 3.41. The monoisotopic (exact) mass is 597 g/mol. The van der Waals surface area contributed by atoms with E-state index < -0.39 is 24.5 Å². The van der Waals surface area contributed by atoms with Gasteiger partial charge in [0, 0.05) is 37.5 Å². The largest absolute Gasteiger partial charge is 0.491 e. The number of likely N-dealkylation sites (tertiary alicyclic amines) is 1. The van der Waals surface area contributed by atoms with E-state index in [1.807, 2.05) is 28.5 Å². The molecule has 2 aliphatic heterocycles. The van der Waals surface area contributed by atoms with Crippen LogP contribution in [0.25, 0.3) is 0 Å². The van der Waals surface area contributed by atoms with Gasteiger partial charge in [-0.1, -0.05) is 38.1 Å². The van der Waals surface area contributed by atoms with Crippen LogP contribution in [0.5, 0.6) is 0 Å². The van der Waals surface area contributed by atoms with Gasteiger partial charge in [0.1, 0.15) is 11.3 Å². The zero-order valence-corrected chi connectivity index (χ0v) is 23.9. The number of hydrogen-bond acceptors (Lipinski definition) is 9. The number of alkyl halides is 3. The van der Waals surface area contributed by atoms with Crippen LogP contribution < -0.4 is 0 Å². The molecule has 0 saturated carbocycles. The fraction of sp³-hybridized carbons (Fsp3) is 0.571. The highest BCUT2D eigenvalue weighted by Gasteiger charge is 2.48. The number of carbonyl (C=O) groups excluding carboxylic acids is 3. The van der Waals surface area contributed by atoms with Gasteiger partial charge in [0.05, 0.1) is 37.8 Å². The van der Waals surface area contributed by atoms with Crippen molar-refractivity contribution < 1.29 is 41.8 Å². The maximum atomic E-state index is 13.0. The molecule has 0 unspecified atom stereocenters. The molecule has 1 spiro atoms.